The maximum Gasteiger partial charge on any atom is 0.172 e. The van der Waals surface area contributed by atoms with Gasteiger partial charge in [-0.25, -0.2) is 0 Å². The molecule has 2 aromatic rings. The van der Waals surface area contributed by atoms with Crippen LogP contribution >= 0.6 is 0 Å². The number of ether oxygens (including phenoxy) is 1. The van der Waals surface area contributed by atoms with Gasteiger partial charge in [0.05, 0.1) is 12.1 Å². The number of hydrogen-bond donors (Lipinski definition) is 0. The molecule has 0 amide bonds. The third-order valence-electron chi connectivity index (χ3n) is 4.61. The number of aryl methyl sites for hydroxylation is 1. The van der Waals surface area contributed by atoms with Crippen molar-refractivity contribution in [2.75, 3.05) is 0 Å². The SMILES string of the molecule is O=C1CC(OCc2ccccc2)=Cc2ncc3c(c21)CCCC3. The number of carbonyl (C=O) groups excluding carboxylic acids is 1. The first-order valence-electron chi connectivity index (χ1n) is 8.22. The van der Waals surface area contributed by atoms with E-state index in [1.165, 1.54) is 17.5 Å². The molecule has 0 radical (unpaired) electrons. The molecule has 0 saturated heterocycles. The minimum Gasteiger partial charge on any atom is -0.493 e. The van der Waals surface area contributed by atoms with E-state index in [2.05, 4.69) is 4.98 Å². The van der Waals surface area contributed by atoms with Crippen molar-refractivity contribution < 1.29 is 9.53 Å². The summed E-state index contributed by atoms with van der Waals surface area (Å²) in [6.45, 7) is 0.486. The lowest BCUT2D eigenvalue weighted by molar-refractivity contribution is 0.0951. The number of pyridine rings is 1. The lowest BCUT2D eigenvalue weighted by Gasteiger charge is -2.23. The zero-order chi connectivity index (χ0) is 15.6. The topological polar surface area (TPSA) is 39.2 Å². The van der Waals surface area contributed by atoms with Gasteiger partial charge in [-0.15, -0.1) is 0 Å². The zero-order valence-electron chi connectivity index (χ0n) is 13.0. The molecule has 23 heavy (non-hydrogen) atoms. The molecule has 0 aliphatic heterocycles. The molecule has 0 bridgehead atoms. The highest BCUT2D eigenvalue weighted by atomic mass is 16.5. The summed E-state index contributed by atoms with van der Waals surface area (Å²) < 4.78 is 5.84. The Hall–Kier alpha value is -2.42. The van der Waals surface area contributed by atoms with E-state index in [9.17, 15) is 4.79 Å². The fourth-order valence-electron chi connectivity index (χ4n) is 3.44. The lowest BCUT2D eigenvalue weighted by Crippen LogP contribution is -2.18. The van der Waals surface area contributed by atoms with Gasteiger partial charge in [-0.2, -0.15) is 0 Å². The Morgan fingerprint density at radius 3 is 2.78 bits per heavy atom. The maximum absolute atomic E-state index is 12.6. The summed E-state index contributed by atoms with van der Waals surface area (Å²) in [6, 6.07) is 10.0. The fraction of sp³-hybridized carbons (Fsp3) is 0.300. The molecule has 0 N–H and O–H groups in total. The second kappa shape index (κ2) is 5.99. The number of carbonyl (C=O) groups is 1. The first-order valence-corrected chi connectivity index (χ1v) is 8.22. The third-order valence-corrected chi connectivity index (χ3v) is 4.61. The van der Waals surface area contributed by atoms with Crippen molar-refractivity contribution in [2.24, 2.45) is 0 Å². The van der Waals surface area contributed by atoms with E-state index in [0.29, 0.717) is 13.0 Å². The van der Waals surface area contributed by atoms with Crippen LogP contribution in [0.3, 0.4) is 0 Å². The van der Waals surface area contributed by atoms with Crippen LogP contribution < -0.4 is 0 Å². The largest absolute Gasteiger partial charge is 0.493 e. The van der Waals surface area contributed by atoms with Crippen molar-refractivity contribution in [3.05, 3.63) is 70.2 Å². The van der Waals surface area contributed by atoms with Gasteiger partial charge in [0.2, 0.25) is 0 Å². The van der Waals surface area contributed by atoms with E-state index in [1.54, 1.807) is 0 Å². The Kier molecular flexibility index (Phi) is 3.70. The summed E-state index contributed by atoms with van der Waals surface area (Å²) in [4.78, 5) is 17.1. The molecule has 2 aliphatic rings. The monoisotopic (exact) mass is 305 g/mol. The van der Waals surface area contributed by atoms with Crippen molar-refractivity contribution in [3.8, 4) is 0 Å². The number of nitrogens with zero attached hydrogens (tertiary/aromatic N) is 1. The molecule has 4 rings (SSSR count). The van der Waals surface area contributed by atoms with Crippen LogP contribution in [-0.2, 0) is 24.2 Å². The van der Waals surface area contributed by atoms with Gasteiger partial charge in [-0.05, 0) is 42.4 Å². The minimum atomic E-state index is 0.150. The van der Waals surface area contributed by atoms with E-state index in [-0.39, 0.29) is 5.78 Å². The molecule has 116 valence electrons. The molecule has 3 nitrogen and oxygen atoms in total. The van der Waals surface area contributed by atoms with E-state index >= 15 is 0 Å². The highest BCUT2D eigenvalue weighted by Gasteiger charge is 2.26. The molecule has 1 heterocycles. The zero-order valence-corrected chi connectivity index (χ0v) is 13.0. The quantitative estimate of drug-likeness (QED) is 0.857. The molecular weight excluding hydrogens is 286 g/mol. The van der Waals surface area contributed by atoms with Crippen molar-refractivity contribution in [2.45, 2.75) is 38.7 Å². The molecule has 0 saturated carbocycles. The van der Waals surface area contributed by atoms with Gasteiger partial charge in [-0.1, -0.05) is 30.3 Å². The van der Waals surface area contributed by atoms with Gasteiger partial charge in [0.1, 0.15) is 12.4 Å². The second-order valence-electron chi connectivity index (χ2n) is 6.21. The average molecular weight is 305 g/mol. The molecule has 1 aromatic heterocycles. The van der Waals surface area contributed by atoms with Crippen LogP contribution in [0.25, 0.3) is 6.08 Å². The molecule has 0 fully saturated rings. The predicted octanol–water partition coefficient (Wildman–Crippen LogP) is 4.10. The number of hydrogen-bond acceptors (Lipinski definition) is 3. The predicted molar refractivity (Wildman–Crippen MR) is 89.0 cm³/mol. The number of Topliss-reactive ketones (excluding diaryl/α,β-unsaturated/α-hetero) is 1. The summed E-state index contributed by atoms with van der Waals surface area (Å²) in [7, 11) is 0. The number of fused-ring (bicyclic) bond motifs is 3. The summed E-state index contributed by atoms with van der Waals surface area (Å²) in [5.74, 6) is 0.867. The lowest BCUT2D eigenvalue weighted by atomic mass is 9.85. The maximum atomic E-state index is 12.6. The Morgan fingerprint density at radius 1 is 1.09 bits per heavy atom. The Bertz CT molecular complexity index is 778. The molecule has 0 spiro atoms. The van der Waals surface area contributed by atoms with E-state index in [1.807, 2.05) is 42.6 Å². The van der Waals surface area contributed by atoms with Gasteiger partial charge in [0, 0.05) is 17.8 Å². The molecule has 0 atom stereocenters. The number of rotatable bonds is 3. The Morgan fingerprint density at radius 2 is 1.91 bits per heavy atom. The van der Waals surface area contributed by atoms with E-state index < -0.39 is 0 Å². The van der Waals surface area contributed by atoms with Crippen LogP contribution in [0.1, 0.15) is 52.0 Å². The van der Waals surface area contributed by atoms with Crippen molar-refractivity contribution >= 4 is 11.9 Å². The Labute approximate surface area is 136 Å². The summed E-state index contributed by atoms with van der Waals surface area (Å²) in [5.41, 5.74) is 5.21. The minimum absolute atomic E-state index is 0.150. The molecule has 1 aromatic carbocycles. The molecule has 0 unspecified atom stereocenters. The van der Waals surface area contributed by atoms with Crippen molar-refractivity contribution in [1.82, 2.24) is 4.98 Å². The van der Waals surface area contributed by atoms with E-state index in [4.69, 9.17) is 4.74 Å². The van der Waals surface area contributed by atoms with Gasteiger partial charge < -0.3 is 4.74 Å². The van der Waals surface area contributed by atoms with Crippen LogP contribution in [0.4, 0.5) is 0 Å². The average Bonchev–Trinajstić information content (AvgIpc) is 2.60. The summed E-state index contributed by atoms with van der Waals surface area (Å²) in [5, 5.41) is 0. The second-order valence-corrected chi connectivity index (χ2v) is 6.21. The number of allylic oxidation sites excluding steroid dienone is 1. The highest BCUT2D eigenvalue weighted by Crippen LogP contribution is 2.31. The molecular formula is C20H19NO2. The van der Waals surface area contributed by atoms with Crippen molar-refractivity contribution in [3.63, 3.8) is 0 Å². The van der Waals surface area contributed by atoms with Gasteiger partial charge in [-0.3, -0.25) is 9.78 Å². The van der Waals surface area contributed by atoms with Crippen LogP contribution in [0.5, 0.6) is 0 Å². The van der Waals surface area contributed by atoms with Gasteiger partial charge >= 0.3 is 0 Å². The normalized spacial score (nSPS) is 16.3. The molecule has 2 aliphatic carbocycles. The van der Waals surface area contributed by atoms with Crippen LogP contribution in [0.2, 0.25) is 0 Å². The van der Waals surface area contributed by atoms with Crippen LogP contribution in [0, 0.1) is 0 Å². The number of aromatic nitrogens is 1. The first kappa shape index (κ1) is 14.2. The molecule has 3 heteroatoms. The highest BCUT2D eigenvalue weighted by molar-refractivity contribution is 6.04. The number of benzene rings is 1. The van der Waals surface area contributed by atoms with Gasteiger partial charge in [0.15, 0.2) is 5.78 Å². The van der Waals surface area contributed by atoms with Gasteiger partial charge in [0.25, 0.3) is 0 Å². The first-order chi connectivity index (χ1) is 11.3. The fourth-order valence-corrected chi connectivity index (χ4v) is 3.44. The third kappa shape index (κ3) is 2.79. The Balaban J connectivity index is 1.60. The van der Waals surface area contributed by atoms with Crippen LogP contribution in [-0.4, -0.2) is 10.8 Å². The summed E-state index contributed by atoms with van der Waals surface area (Å²) >= 11 is 0. The number of ketones is 1. The van der Waals surface area contributed by atoms with Crippen LogP contribution in [0.15, 0.2) is 42.3 Å². The standard InChI is InChI=1S/C20H19NO2/c22-19-11-16(23-13-14-6-2-1-3-7-14)10-18-20(19)17-9-5-4-8-15(17)12-21-18/h1-3,6-7,10,12H,4-5,8-9,11,13H2. The summed E-state index contributed by atoms with van der Waals surface area (Å²) in [6.07, 6.45) is 8.63. The van der Waals surface area contributed by atoms with E-state index in [0.717, 1.165) is 41.8 Å². The van der Waals surface area contributed by atoms with Crippen molar-refractivity contribution in [1.29, 1.82) is 0 Å². The smallest absolute Gasteiger partial charge is 0.172 e.